The molecular formula is C49H37N. The molecule has 1 heteroatoms. The van der Waals surface area contributed by atoms with Gasteiger partial charge in [-0.2, -0.15) is 0 Å². The van der Waals surface area contributed by atoms with E-state index in [4.69, 9.17) is 0 Å². The van der Waals surface area contributed by atoms with Gasteiger partial charge in [0, 0.05) is 22.5 Å². The van der Waals surface area contributed by atoms with Gasteiger partial charge in [-0.25, -0.2) is 0 Å². The number of nitrogens with zero attached hydrogens (tertiary/aromatic N) is 1. The summed E-state index contributed by atoms with van der Waals surface area (Å²) in [6.45, 7) is 4.68. The first-order chi connectivity index (χ1) is 24.5. The molecule has 0 atom stereocenters. The highest BCUT2D eigenvalue weighted by Gasteiger charge is 2.37. The van der Waals surface area contributed by atoms with Gasteiger partial charge in [-0.3, -0.25) is 0 Å². The quantitative estimate of drug-likeness (QED) is 0.175. The summed E-state index contributed by atoms with van der Waals surface area (Å²) in [4.78, 5) is 2.44. The summed E-state index contributed by atoms with van der Waals surface area (Å²) in [6.07, 6.45) is 2.37. The van der Waals surface area contributed by atoms with Crippen LogP contribution in [0.2, 0.25) is 0 Å². The van der Waals surface area contributed by atoms with Crippen LogP contribution in [-0.2, 0) is 5.41 Å². The molecule has 0 saturated heterocycles. The van der Waals surface area contributed by atoms with Crippen LogP contribution in [0.5, 0.6) is 0 Å². The molecule has 8 aromatic rings. The fraction of sp³-hybridized carbons (Fsp3) is 0.0612. The molecule has 1 nitrogen and oxygen atoms in total. The first-order valence-electron chi connectivity index (χ1n) is 17.4. The Morgan fingerprint density at radius 1 is 0.360 bits per heavy atom. The maximum absolute atomic E-state index is 2.44. The Morgan fingerprint density at radius 2 is 0.740 bits per heavy atom. The molecule has 0 heterocycles. The van der Waals surface area contributed by atoms with E-state index >= 15 is 0 Å². The van der Waals surface area contributed by atoms with Gasteiger partial charge in [0.25, 0.3) is 0 Å². The van der Waals surface area contributed by atoms with Crippen LogP contribution in [0, 0.1) is 0 Å². The van der Waals surface area contributed by atoms with Gasteiger partial charge in [-0.05, 0) is 109 Å². The minimum Gasteiger partial charge on any atom is -0.313 e. The lowest BCUT2D eigenvalue weighted by Crippen LogP contribution is -2.29. The smallest absolute Gasteiger partial charge is 0.0459 e. The first kappa shape index (κ1) is 29.9. The molecule has 0 bridgehead atoms. The second kappa shape index (κ2) is 12.1. The van der Waals surface area contributed by atoms with E-state index in [0.717, 1.165) is 11.4 Å². The predicted molar refractivity (Wildman–Crippen MR) is 214 cm³/mol. The van der Waals surface area contributed by atoms with Crippen molar-refractivity contribution in [2.75, 3.05) is 4.90 Å². The van der Waals surface area contributed by atoms with Crippen LogP contribution in [0.15, 0.2) is 188 Å². The Bertz CT molecular complexity index is 2530. The molecule has 0 fully saturated rings. The van der Waals surface area contributed by atoms with E-state index in [1.54, 1.807) is 0 Å². The van der Waals surface area contributed by atoms with Crippen molar-refractivity contribution in [1.29, 1.82) is 0 Å². The molecule has 9 rings (SSSR count). The van der Waals surface area contributed by atoms with Gasteiger partial charge in [-0.15, -0.1) is 0 Å². The van der Waals surface area contributed by atoms with Gasteiger partial charge in [0.05, 0.1) is 0 Å². The van der Waals surface area contributed by atoms with Crippen LogP contribution in [-0.4, -0.2) is 0 Å². The Kier molecular flexibility index (Phi) is 7.21. The third kappa shape index (κ3) is 5.29. The molecule has 0 radical (unpaired) electrons. The van der Waals surface area contributed by atoms with Crippen LogP contribution in [0.3, 0.4) is 0 Å². The van der Waals surface area contributed by atoms with E-state index in [1.807, 2.05) is 0 Å². The Hall–Kier alpha value is -6.18. The highest BCUT2D eigenvalue weighted by molar-refractivity contribution is 5.89. The highest BCUT2D eigenvalue weighted by Crippen LogP contribution is 2.47. The summed E-state index contributed by atoms with van der Waals surface area (Å²) in [5, 5.41) is 5.05. The minimum atomic E-state index is -0.162. The van der Waals surface area contributed by atoms with E-state index in [0.29, 0.717) is 0 Å². The lowest BCUT2D eigenvalue weighted by molar-refractivity contribution is 0.626. The second-order valence-corrected chi connectivity index (χ2v) is 13.9. The number of hydrogen-bond acceptors (Lipinski definition) is 1. The van der Waals surface area contributed by atoms with Gasteiger partial charge in [0.15, 0.2) is 0 Å². The van der Waals surface area contributed by atoms with Crippen molar-refractivity contribution in [2.45, 2.75) is 19.3 Å². The Labute approximate surface area is 294 Å². The third-order valence-electron chi connectivity index (χ3n) is 10.4. The lowest BCUT2D eigenvalue weighted by atomic mass is 9.83. The van der Waals surface area contributed by atoms with Crippen molar-refractivity contribution in [3.05, 3.63) is 199 Å². The maximum Gasteiger partial charge on any atom is 0.0459 e. The van der Waals surface area contributed by atoms with Crippen LogP contribution < -0.4 is 4.90 Å². The largest absolute Gasteiger partial charge is 0.313 e. The normalized spacial score (nSPS) is 13.3. The number of anilines is 2. The molecule has 0 unspecified atom stereocenters. The molecule has 0 N–H and O–H groups in total. The summed E-state index contributed by atoms with van der Waals surface area (Å²) >= 11 is 0. The average Bonchev–Trinajstić information content (AvgIpc) is 3.44. The predicted octanol–water partition coefficient (Wildman–Crippen LogP) is 13.5. The zero-order valence-electron chi connectivity index (χ0n) is 28.3. The van der Waals surface area contributed by atoms with Gasteiger partial charge in [-0.1, -0.05) is 159 Å². The molecule has 0 aromatic heterocycles. The molecular weight excluding hydrogens is 603 g/mol. The van der Waals surface area contributed by atoms with Crippen molar-refractivity contribution >= 4 is 39.0 Å². The maximum atomic E-state index is 2.44. The standard InChI is InChI=1S/C49H37N/c1-49(2)47-14-8-7-13-44(47)33-48(49)50(46-29-25-39(26-30-46)43-22-20-35-10-4-6-12-41(35)32-43)45-27-23-37(24-28-45)36-15-17-38(18-16-36)42-21-19-34-9-3-5-11-40(34)31-42/h3-33H,1-2H3. The van der Waals surface area contributed by atoms with Gasteiger partial charge >= 0.3 is 0 Å². The van der Waals surface area contributed by atoms with Gasteiger partial charge in [0.2, 0.25) is 0 Å². The van der Waals surface area contributed by atoms with E-state index < -0.39 is 0 Å². The van der Waals surface area contributed by atoms with Crippen LogP contribution >= 0.6 is 0 Å². The summed E-state index contributed by atoms with van der Waals surface area (Å²) in [7, 11) is 0. The first-order valence-corrected chi connectivity index (χ1v) is 17.4. The van der Waals surface area contributed by atoms with E-state index in [9.17, 15) is 0 Å². The summed E-state index contributed by atoms with van der Waals surface area (Å²) in [6, 6.07) is 66.4. The average molecular weight is 640 g/mol. The monoisotopic (exact) mass is 639 g/mol. The van der Waals surface area contributed by atoms with Gasteiger partial charge < -0.3 is 4.90 Å². The minimum absolute atomic E-state index is 0.162. The molecule has 50 heavy (non-hydrogen) atoms. The summed E-state index contributed by atoms with van der Waals surface area (Å²) < 4.78 is 0. The van der Waals surface area contributed by atoms with Gasteiger partial charge in [0.1, 0.15) is 0 Å². The molecule has 0 aliphatic heterocycles. The van der Waals surface area contributed by atoms with E-state index in [-0.39, 0.29) is 5.41 Å². The highest BCUT2D eigenvalue weighted by atomic mass is 15.2. The number of fused-ring (bicyclic) bond motifs is 3. The number of hydrogen-bond donors (Lipinski definition) is 0. The van der Waals surface area contributed by atoms with E-state index in [2.05, 4.69) is 207 Å². The second-order valence-electron chi connectivity index (χ2n) is 13.9. The van der Waals surface area contributed by atoms with Crippen LogP contribution in [0.1, 0.15) is 25.0 Å². The van der Waals surface area contributed by atoms with Crippen LogP contribution in [0.25, 0.3) is 61.0 Å². The molecule has 238 valence electrons. The number of allylic oxidation sites excluding steroid dienone is 1. The van der Waals surface area contributed by atoms with Crippen molar-refractivity contribution in [3.63, 3.8) is 0 Å². The van der Waals surface area contributed by atoms with E-state index in [1.165, 1.54) is 71.7 Å². The van der Waals surface area contributed by atoms with Crippen LogP contribution in [0.4, 0.5) is 11.4 Å². The summed E-state index contributed by atoms with van der Waals surface area (Å²) in [5.74, 6) is 0. The molecule has 8 aromatic carbocycles. The fourth-order valence-corrected chi connectivity index (χ4v) is 7.63. The summed E-state index contributed by atoms with van der Waals surface area (Å²) in [5.41, 5.74) is 13.4. The molecule has 0 spiro atoms. The number of rotatable bonds is 6. The molecule has 0 saturated carbocycles. The Balaban J connectivity index is 1.06. The SMILES string of the molecule is CC1(C)C(N(c2ccc(-c3ccc(-c4ccc5ccccc5c4)cc3)cc2)c2ccc(-c3ccc4ccccc4c3)cc2)=Cc2ccccc21. The van der Waals surface area contributed by atoms with Crippen molar-refractivity contribution < 1.29 is 0 Å². The lowest BCUT2D eigenvalue weighted by Gasteiger charge is -2.35. The third-order valence-corrected chi connectivity index (χ3v) is 10.4. The zero-order valence-corrected chi connectivity index (χ0v) is 28.3. The van der Waals surface area contributed by atoms with Crippen molar-refractivity contribution in [3.8, 4) is 33.4 Å². The van der Waals surface area contributed by atoms with Crippen molar-refractivity contribution in [1.82, 2.24) is 0 Å². The molecule has 0 amide bonds. The molecule has 1 aliphatic carbocycles. The fourth-order valence-electron chi connectivity index (χ4n) is 7.63. The molecule has 1 aliphatic rings. The zero-order chi connectivity index (χ0) is 33.7. The Morgan fingerprint density at radius 3 is 1.22 bits per heavy atom. The topological polar surface area (TPSA) is 3.24 Å². The number of benzene rings is 8. The van der Waals surface area contributed by atoms with Crippen molar-refractivity contribution in [2.24, 2.45) is 0 Å².